The highest BCUT2D eigenvalue weighted by Crippen LogP contribution is 2.26. The van der Waals surface area contributed by atoms with Crippen molar-refractivity contribution in [1.82, 2.24) is 0 Å². The third-order valence-corrected chi connectivity index (χ3v) is 2.95. The Morgan fingerprint density at radius 2 is 1.50 bits per heavy atom. The van der Waals surface area contributed by atoms with Crippen LogP contribution in [-0.2, 0) is 0 Å². The molecule has 0 amide bonds. The molecule has 0 aromatic carbocycles. The maximum Gasteiger partial charge on any atom is 0.130 e. The minimum absolute atomic E-state index is 0.778. The lowest BCUT2D eigenvalue weighted by Gasteiger charge is -2.04. The number of furan rings is 2. The summed E-state index contributed by atoms with van der Waals surface area (Å²) in [5.74, 6) is 0. The van der Waals surface area contributed by atoms with Gasteiger partial charge in [-0.1, -0.05) is 0 Å². The summed E-state index contributed by atoms with van der Waals surface area (Å²) in [5.41, 5.74) is 1.56. The molecule has 2 rings (SSSR count). The maximum absolute atomic E-state index is 5.88. The molecule has 0 saturated heterocycles. The van der Waals surface area contributed by atoms with Crippen LogP contribution in [0.2, 0.25) is 0 Å². The second-order valence-electron chi connectivity index (χ2n) is 2.27. The third-order valence-electron chi connectivity index (χ3n) is 1.49. The quantitative estimate of drug-likeness (QED) is 0.510. The van der Waals surface area contributed by atoms with Gasteiger partial charge in [0.1, 0.15) is 18.6 Å². The lowest BCUT2D eigenvalue weighted by molar-refractivity contribution is 0.594. The minimum atomic E-state index is -0.930. The molecule has 0 bridgehead atoms. The van der Waals surface area contributed by atoms with Crippen molar-refractivity contribution in [3.63, 3.8) is 0 Å². The van der Waals surface area contributed by atoms with Crippen LogP contribution in [-0.4, -0.2) is 7.57 Å². The normalized spacial score (nSPS) is 10.8. The van der Waals surface area contributed by atoms with E-state index in [-0.39, 0.29) is 0 Å². The van der Waals surface area contributed by atoms with Gasteiger partial charge in [-0.05, 0) is 32.1 Å². The second kappa shape index (κ2) is 3.20. The number of rotatable bonds is 2. The highest BCUT2D eigenvalue weighted by atomic mass is 31.1. The van der Waals surface area contributed by atoms with Crippen molar-refractivity contribution >= 4 is 26.4 Å². The third kappa shape index (κ3) is 1.33. The molecule has 0 aliphatic carbocycles. The van der Waals surface area contributed by atoms with Crippen LogP contribution in [0.4, 0.5) is 0 Å². The topological polar surface area (TPSA) is 26.3 Å². The SMILES string of the molecule is [B]P(c1ccco1)c1ccco1. The largest absolute Gasteiger partial charge is 0.465 e. The van der Waals surface area contributed by atoms with Gasteiger partial charge >= 0.3 is 0 Å². The van der Waals surface area contributed by atoms with Crippen molar-refractivity contribution in [1.29, 1.82) is 0 Å². The molecule has 0 N–H and O–H groups in total. The molecule has 0 aliphatic rings. The fourth-order valence-electron chi connectivity index (χ4n) is 0.923. The average Bonchev–Trinajstić information content (AvgIpc) is 2.77. The Morgan fingerprint density at radius 1 is 1.00 bits per heavy atom. The minimum Gasteiger partial charge on any atom is -0.465 e. The van der Waals surface area contributed by atoms with Gasteiger partial charge in [-0.25, -0.2) is 0 Å². The molecular formula is C8H6BO2P. The van der Waals surface area contributed by atoms with E-state index in [1.54, 1.807) is 12.5 Å². The molecule has 0 fully saturated rings. The molecule has 0 unspecified atom stereocenters. The first kappa shape index (κ1) is 7.69. The first-order valence-corrected chi connectivity index (χ1v) is 4.91. The first-order valence-electron chi connectivity index (χ1n) is 3.50. The Hall–Kier alpha value is -0.945. The van der Waals surface area contributed by atoms with Gasteiger partial charge in [-0.3, -0.25) is 0 Å². The lowest BCUT2D eigenvalue weighted by atomic mass is 10.7. The fraction of sp³-hybridized carbons (Fsp3) is 0. The predicted octanol–water partition coefficient (Wildman–Crippen LogP) is 1.39. The van der Waals surface area contributed by atoms with Crippen LogP contribution in [0.15, 0.2) is 45.6 Å². The molecule has 0 atom stereocenters. The number of hydrogen-bond acceptors (Lipinski definition) is 2. The van der Waals surface area contributed by atoms with Gasteiger partial charge in [0.2, 0.25) is 0 Å². The van der Waals surface area contributed by atoms with E-state index in [2.05, 4.69) is 0 Å². The maximum atomic E-state index is 5.88. The summed E-state index contributed by atoms with van der Waals surface area (Å²) in [6, 6.07) is 7.35. The van der Waals surface area contributed by atoms with E-state index in [1.165, 1.54) is 0 Å². The Kier molecular flexibility index (Phi) is 2.05. The smallest absolute Gasteiger partial charge is 0.130 e. The summed E-state index contributed by atoms with van der Waals surface area (Å²) in [6.45, 7) is 0. The van der Waals surface area contributed by atoms with E-state index >= 15 is 0 Å². The van der Waals surface area contributed by atoms with Gasteiger partial charge in [0.25, 0.3) is 0 Å². The molecule has 0 saturated carbocycles. The zero-order valence-electron chi connectivity index (χ0n) is 6.31. The fourth-order valence-corrected chi connectivity index (χ4v) is 1.98. The van der Waals surface area contributed by atoms with Crippen molar-refractivity contribution in [3.8, 4) is 0 Å². The lowest BCUT2D eigenvalue weighted by Crippen LogP contribution is -2.07. The van der Waals surface area contributed by atoms with Crippen molar-refractivity contribution in [3.05, 3.63) is 36.8 Å². The van der Waals surface area contributed by atoms with Crippen molar-refractivity contribution in [2.75, 3.05) is 0 Å². The monoisotopic (exact) mass is 176 g/mol. The molecule has 12 heavy (non-hydrogen) atoms. The molecule has 2 nitrogen and oxygen atoms in total. The van der Waals surface area contributed by atoms with Crippen LogP contribution >= 0.6 is 7.80 Å². The van der Waals surface area contributed by atoms with E-state index in [9.17, 15) is 0 Å². The Morgan fingerprint density at radius 3 is 1.83 bits per heavy atom. The summed E-state index contributed by atoms with van der Waals surface area (Å²) < 4.78 is 10.3. The average molecular weight is 176 g/mol. The van der Waals surface area contributed by atoms with Gasteiger partial charge in [-0.2, -0.15) is 0 Å². The van der Waals surface area contributed by atoms with Crippen LogP contribution in [0.3, 0.4) is 0 Å². The van der Waals surface area contributed by atoms with Crippen LogP contribution in [0.25, 0.3) is 0 Å². The van der Waals surface area contributed by atoms with Crippen LogP contribution in [0.5, 0.6) is 0 Å². The van der Waals surface area contributed by atoms with Gasteiger partial charge in [0, 0.05) is 0 Å². The summed E-state index contributed by atoms with van der Waals surface area (Å²) in [4.78, 5) is 0. The number of hydrogen-bond donors (Lipinski definition) is 0. The predicted molar refractivity (Wildman–Crippen MR) is 49.4 cm³/mol. The zero-order chi connectivity index (χ0) is 8.39. The second-order valence-corrected chi connectivity index (χ2v) is 3.89. The Bertz CT molecular complexity index is 294. The molecular weight excluding hydrogens is 170 g/mol. The van der Waals surface area contributed by atoms with E-state index in [4.69, 9.17) is 16.4 Å². The molecule has 0 aliphatic heterocycles. The van der Waals surface area contributed by atoms with Crippen molar-refractivity contribution < 1.29 is 8.83 Å². The summed E-state index contributed by atoms with van der Waals surface area (Å²) >= 11 is 0. The van der Waals surface area contributed by atoms with E-state index in [1.807, 2.05) is 24.3 Å². The molecule has 2 heterocycles. The molecule has 58 valence electrons. The Balaban J connectivity index is 2.27. The zero-order valence-corrected chi connectivity index (χ0v) is 7.20. The summed E-state index contributed by atoms with van der Waals surface area (Å²) in [7, 11) is 4.95. The van der Waals surface area contributed by atoms with E-state index < -0.39 is 7.80 Å². The van der Waals surface area contributed by atoms with Crippen molar-refractivity contribution in [2.45, 2.75) is 0 Å². The summed E-state index contributed by atoms with van der Waals surface area (Å²) in [6.07, 6.45) is 3.22. The van der Waals surface area contributed by atoms with Crippen LogP contribution < -0.4 is 11.0 Å². The van der Waals surface area contributed by atoms with Gasteiger partial charge in [0.05, 0.1) is 12.5 Å². The first-order chi connectivity index (χ1) is 5.88. The van der Waals surface area contributed by atoms with Crippen LogP contribution in [0.1, 0.15) is 0 Å². The molecule has 2 radical (unpaired) electrons. The van der Waals surface area contributed by atoms with Crippen LogP contribution in [0, 0.1) is 0 Å². The summed E-state index contributed by atoms with van der Waals surface area (Å²) in [5, 5.41) is 0. The van der Waals surface area contributed by atoms with Gasteiger partial charge in [0.15, 0.2) is 0 Å². The molecule has 0 spiro atoms. The van der Waals surface area contributed by atoms with Gasteiger partial charge in [-0.15, -0.1) is 0 Å². The molecule has 2 aromatic heterocycles. The highest BCUT2D eigenvalue weighted by Gasteiger charge is 2.11. The van der Waals surface area contributed by atoms with Gasteiger partial charge < -0.3 is 8.83 Å². The molecule has 2 aromatic rings. The standard InChI is InChI=1S/C8H6BO2P/c9-12(7-3-1-5-10-7)8-4-2-6-11-8/h1-6H. The highest BCUT2D eigenvalue weighted by molar-refractivity contribution is 7.93. The van der Waals surface area contributed by atoms with E-state index in [0.717, 1.165) is 11.0 Å². The van der Waals surface area contributed by atoms with E-state index in [0.29, 0.717) is 0 Å². The Labute approximate surface area is 72.7 Å². The van der Waals surface area contributed by atoms with Crippen molar-refractivity contribution in [2.24, 2.45) is 0 Å². The molecule has 4 heteroatoms.